The molecule has 0 saturated carbocycles. The minimum Gasteiger partial charge on any atom is -0.491 e. The van der Waals surface area contributed by atoms with Crippen LogP contribution in [0.25, 0.3) is 0 Å². The van der Waals surface area contributed by atoms with Gasteiger partial charge in [-0.25, -0.2) is 0 Å². The Bertz CT molecular complexity index is 350. The molecule has 0 fully saturated rings. The first-order chi connectivity index (χ1) is 9.08. The van der Waals surface area contributed by atoms with Crippen LogP contribution in [-0.4, -0.2) is 25.9 Å². The molecule has 0 spiro atoms. The van der Waals surface area contributed by atoms with Gasteiger partial charge in [0, 0.05) is 19.7 Å². The zero-order valence-corrected chi connectivity index (χ0v) is 12.6. The van der Waals surface area contributed by atoms with E-state index in [1.807, 2.05) is 26.0 Å². The molecule has 0 atom stereocenters. The highest BCUT2D eigenvalue weighted by molar-refractivity contribution is 5.28. The predicted octanol–water partition coefficient (Wildman–Crippen LogP) is 3.24. The number of ether oxygens (including phenoxy) is 2. The Kier molecular flexibility index (Phi) is 7.53. The molecule has 0 radical (unpaired) electrons. The molecule has 0 heterocycles. The number of hydrogen-bond donors (Lipinski definition) is 1. The summed E-state index contributed by atoms with van der Waals surface area (Å²) < 4.78 is 11.2. The molecule has 0 saturated heterocycles. The molecular formula is C16H27NO2. The second kappa shape index (κ2) is 8.94. The van der Waals surface area contributed by atoms with Crippen molar-refractivity contribution in [1.82, 2.24) is 5.32 Å². The Hall–Kier alpha value is -1.06. The first-order valence-corrected chi connectivity index (χ1v) is 7.12. The highest BCUT2D eigenvalue weighted by Crippen LogP contribution is 2.14. The van der Waals surface area contributed by atoms with Crippen LogP contribution in [0.5, 0.6) is 5.75 Å². The summed E-state index contributed by atoms with van der Waals surface area (Å²) >= 11 is 0. The van der Waals surface area contributed by atoms with Crippen molar-refractivity contribution in [2.75, 3.05) is 19.8 Å². The predicted molar refractivity (Wildman–Crippen MR) is 79.6 cm³/mol. The molecule has 108 valence electrons. The molecule has 0 amide bonds. The van der Waals surface area contributed by atoms with E-state index >= 15 is 0 Å². The van der Waals surface area contributed by atoms with Gasteiger partial charge in [-0.2, -0.15) is 0 Å². The topological polar surface area (TPSA) is 30.5 Å². The van der Waals surface area contributed by atoms with Crippen LogP contribution in [0.3, 0.4) is 0 Å². The zero-order chi connectivity index (χ0) is 14.1. The van der Waals surface area contributed by atoms with Gasteiger partial charge in [-0.1, -0.05) is 26.0 Å². The van der Waals surface area contributed by atoms with Crippen LogP contribution in [0.4, 0.5) is 0 Å². The maximum absolute atomic E-state index is 5.67. The van der Waals surface area contributed by atoms with Crippen molar-refractivity contribution in [3.05, 3.63) is 29.8 Å². The van der Waals surface area contributed by atoms with Crippen LogP contribution >= 0.6 is 0 Å². The SMILES string of the molecule is CC(C)COCCNCc1cccc(OC(C)C)c1. The highest BCUT2D eigenvalue weighted by atomic mass is 16.5. The molecule has 1 N–H and O–H groups in total. The maximum atomic E-state index is 5.67. The van der Waals surface area contributed by atoms with E-state index in [4.69, 9.17) is 9.47 Å². The van der Waals surface area contributed by atoms with Crippen LogP contribution in [0.15, 0.2) is 24.3 Å². The van der Waals surface area contributed by atoms with Crippen LogP contribution in [0, 0.1) is 5.92 Å². The second-order valence-corrected chi connectivity index (χ2v) is 5.46. The summed E-state index contributed by atoms with van der Waals surface area (Å²) in [6.45, 7) is 11.7. The quantitative estimate of drug-likeness (QED) is 0.695. The Morgan fingerprint density at radius 1 is 1.16 bits per heavy atom. The molecule has 0 aliphatic heterocycles. The van der Waals surface area contributed by atoms with Gasteiger partial charge in [-0.15, -0.1) is 0 Å². The van der Waals surface area contributed by atoms with Gasteiger partial charge in [0.05, 0.1) is 12.7 Å². The van der Waals surface area contributed by atoms with Gasteiger partial charge in [-0.05, 0) is 37.5 Å². The van der Waals surface area contributed by atoms with Crippen LogP contribution < -0.4 is 10.1 Å². The summed E-state index contributed by atoms with van der Waals surface area (Å²) in [7, 11) is 0. The number of benzene rings is 1. The number of rotatable bonds is 9. The van der Waals surface area contributed by atoms with E-state index in [1.54, 1.807) is 0 Å². The lowest BCUT2D eigenvalue weighted by atomic mass is 10.2. The van der Waals surface area contributed by atoms with Crippen molar-refractivity contribution in [1.29, 1.82) is 0 Å². The Morgan fingerprint density at radius 2 is 1.95 bits per heavy atom. The molecule has 0 bridgehead atoms. The largest absolute Gasteiger partial charge is 0.491 e. The van der Waals surface area contributed by atoms with Crippen molar-refractivity contribution in [2.45, 2.75) is 40.3 Å². The van der Waals surface area contributed by atoms with E-state index < -0.39 is 0 Å². The van der Waals surface area contributed by atoms with Gasteiger partial charge < -0.3 is 14.8 Å². The molecule has 3 heteroatoms. The summed E-state index contributed by atoms with van der Waals surface area (Å²) in [5.74, 6) is 1.54. The molecule has 1 aromatic rings. The number of hydrogen-bond acceptors (Lipinski definition) is 3. The average molecular weight is 265 g/mol. The third-order valence-corrected chi connectivity index (χ3v) is 2.47. The molecule has 0 unspecified atom stereocenters. The Morgan fingerprint density at radius 3 is 2.63 bits per heavy atom. The fourth-order valence-corrected chi connectivity index (χ4v) is 1.70. The van der Waals surface area contributed by atoms with Crippen molar-refractivity contribution >= 4 is 0 Å². The van der Waals surface area contributed by atoms with E-state index in [2.05, 4.69) is 31.3 Å². The molecular weight excluding hydrogens is 238 g/mol. The van der Waals surface area contributed by atoms with Crippen LogP contribution in [0.2, 0.25) is 0 Å². The summed E-state index contributed by atoms with van der Waals surface area (Å²) in [5, 5.41) is 3.38. The molecule has 0 aliphatic rings. The van der Waals surface area contributed by atoms with E-state index in [0.29, 0.717) is 5.92 Å². The van der Waals surface area contributed by atoms with Gasteiger partial charge >= 0.3 is 0 Å². The lowest BCUT2D eigenvalue weighted by Crippen LogP contribution is -2.20. The van der Waals surface area contributed by atoms with Gasteiger partial charge in [0.25, 0.3) is 0 Å². The number of nitrogens with one attached hydrogen (secondary N) is 1. The summed E-state index contributed by atoms with van der Waals surface area (Å²) in [6.07, 6.45) is 0.215. The Labute approximate surface area is 117 Å². The third kappa shape index (κ3) is 7.85. The van der Waals surface area contributed by atoms with Crippen LogP contribution in [0.1, 0.15) is 33.3 Å². The molecule has 19 heavy (non-hydrogen) atoms. The normalized spacial score (nSPS) is 11.3. The minimum absolute atomic E-state index is 0.215. The van der Waals surface area contributed by atoms with Gasteiger partial charge in [0.15, 0.2) is 0 Å². The van der Waals surface area contributed by atoms with Crippen molar-refractivity contribution < 1.29 is 9.47 Å². The van der Waals surface area contributed by atoms with Crippen molar-refractivity contribution in [3.63, 3.8) is 0 Å². The van der Waals surface area contributed by atoms with E-state index in [1.165, 1.54) is 5.56 Å². The van der Waals surface area contributed by atoms with E-state index in [9.17, 15) is 0 Å². The van der Waals surface area contributed by atoms with Gasteiger partial charge in [-0.3, -0.25) is 0 Å². The van der Waals surface area contributed by atoms with Crippen LogP contribution in [-0.2, 0) is 11.3 Å². The molecule has 3 nitrogen and oxygen atoms in total. The summed E-state index contributed by atoms with van der Waals surface area (Å²) in [4.78, 5) is 0. The van der Waals surface area contributed by atoms with Gasteiger partial charge in [0.1, 0.15) is 5.75 Å². The molecule has 1 aromatic carbocycles. The third-order valence-electron chi connectivity index (χ3n) is 2.47. The first-order valence-electron chi connectivity index (χ1n) is 7.12. The fraction of sp³-hybridized carbons (Fsp3) is 0.625. The standard InChI is InChI=1S/C16H27NO2/c1-13(2)12-18-9-8-17-11-15-6-5-7-16(10-15)19-14(3)4/h5-7,10,13-14,17H,8-9,11-12H2,1-4H3. The van der Waals surface area contributed by atoms with Gasteiger partial charge in [0.2, 0.25) is 0 Å². The lowest BCUT2D eigenvalue weighted by Gasteiger charge is -2.11. The zero-order valence-electron chi connectivity index (χ0n) is 12.6. The summed E-state index contributed by atoms with van der Waals surface area (Å²) in [6, 6.07) is 8.22. The smallest absolute Gasteiger partial charge is 0.120 e. The van der Waals surface area contributed by atoms with Crippen molar-refractivity contribution in [3.8, 4) is 5.75 Å². The second-order valence-electron chi connectivity index (χ2n) is 5.46. The molecule has 0 aliphatic carbocycles. The maximum Gasteiger partial charge on any atom is 0.120 e. The first kappa shape index (κ1) is 16.0. The van der Waals surface area contributed by atoms with E-state index in [0.717, 1.165) is 32.1 Å². The molecule has 1 rings (SSSR count). The Balaban J connectivity index is 2.22. The van der Waals surface area contributed by atoms with E-state index in [-0.39, 0.29) is 6.10 Å². The van der Waals surface area contributed by atoms with Crippen molar-refractivity contribution in [2.24, 2.45) is 5.92 Å². The average Bonchev–Trinajstić information content (AvgIpc) is 2.33. The monoisotopic (exact) mass is 265 g/mol. The molecule has 0 aromatic heterocycles. The summed E-state index contributed by atoms with van der Waals surface area (Å²) in [5.41, 5.74) is 1.24. The lowest BCUT2D eigenvalue weighted by molar-refractivity contribution is 0.111. The fourth-order valence-electron chi connectivity index (χ4n) is 1.70. The minimum atomic E-state index is 0.215. The highest BCUT2D eigenvalue weighted by Gasteiger charge is 1.99.